The first-order valence-electron chi connectivity index (χ1n) is 6.27. The Labute approximate surface area is 127 Å². The van der Waals surface area contributed by atoms with E-state index < -0.39 is 63.9 Å². The van der Waals surface area contributed by atoms with E-state index in [-0.39, 0.29) is 5.56 Å². The Kier molecular flexibility index (Phi) is 4.26. The summed E-state index contributed by atoms with van der Waals surface area (Å²) in [6, 6.07) is 1.26. The van der Waals surface area contributed by atoms with Crippen LogP contribution >= 0.6 is 0 Å². The highest BCUT2D eigenvalue weighted by molar-refractivity contribution is 5.79. The van der Waals surface area contributed by atoms with E-state index in [9.17, 15) is 31.9 Å². The lowest BCUT2D eigenvalue weighted by atomic mass is 9.97. The van der Waals surface area contributed by atoms with Crippen molar-refractivity contribution in [2.24, 2.45) is 5.73 Å². The molecule has 0 aliphatic carbocycles. The zero-order chi connectivity index (χ0) is 17.5. The molecule has 3 N–H and O–H groups in total. The fourth-order valence-electron chi connectivity index (χ4n) is 2.12. The number of benzene rings is 2. The van der Waals surface area contributed by atoms with E-state index in [1.54, 1.807) is 0 Å². The fourth-order valence-corrected chi connectivity index (χ4v) is 2.12. The molecule has 0 heterocycles. The molecule has 0 saturated heterocycles. The number of carbonyl (C=O) groups excluding carboxylic acids is 1. The van der Waals surface area contributed by atoms with E-state index in [0.29, 0.717) is 6.07 Å². The summed E-state index contributed by atoms with van der Waals surface area (Å²) < 4.78 is 68.7. The molecule has 8 heteroatoms. The summed E-state index contributed by atoms with van der Waals surface area (Å²) in [5, 5.41) is 9.53. The van der Waals surface area contributed by atoms with E-state index in [1.165, 1.54) is 0 Å². The minimum atomic E-state index is -1.96. The number of aromatic hydroxyl groups is 1. The molecular formula is C15H10F5NO2. The summed E-state index contributed by atoms with van der Waals surface area (Å²) in [4.78, 5) is 10.9. The molecule has 0 aromatic heterocycles. The van der Waals surface area contributed by atoms with Crippen molar-refractivity contribution < 1.29 is 31.9 Å². The van der Waals surface area contributed by atoms with Crippen LogP contribution in [0, 0.1) is 36.0 Å². The maximum atomic E-state index is 14.1. The van der Waals surface area contributed by atoms with Crippen LogP contribution in [0.15, 0.2) is 12.1 Å². The number of hydrogen-bond donors (Lipinski definition) is 2. The average molecular weight is 331 g/mol. The van der Waals surface area contributed by atoms with Crippen LogP contribution in [0.2, 0.25) is 0 Å². The summed E-state index contributed by atoms with van der Waals surface area (Å²) in [5.74, 6) is -9.91. The van der Waals surface area contributed by atoms with Crippen molar-refractivity contribution in [3.63, 3.8) is 0 Å². The van der Waals surface area contributed by atoms with E-state index >= 15 is 0 Å². The van der Waals surface area contributed by atoms with Gasteiger partial charge in [-0.3, -0.25) is 4.79 Å². The highest BCUT2D eigenvalue weighted by Crippen LogP contribution is 2.36. The van der Waals surface area contributed by atoms with Crippen molar-refractivity contribution in [1.82, 2.24) is 0 Å². The Morgan fingerprint density at radius 3 is 2.22 bits per heavy atom. The normalized spacial score (nSPS) is 10.9. The van der Waals surface area contributed by atoms with Gasteiger partial charge in [0.2, 0.25) is 5.91 Å². The quantitative estimate of drug-likeness (QED) is 0.516. The molecule has 0 bridgehead atoms. The number of hydrogen-bond acceptors (Lipinski definition) is 2. The minimum Gasteiger partial charge on any atom is -0.508 e. The first-order valence-corrected chi connectivity index (χ1v) is 6.27. The molecule has 1 amide bonds. The highest BCUT2D eigenvalue weighted by atomic mass is 19.2. The van der Waals surface area contributed by atoms with Gasteiger partial charge in [0, 0.05) is 22.8 Å². The topological polar surface area (TPSA) is 63.3 Å². The molecule has 2 aromatic carbocycles. The summed E-state index contributed by atoms with van der Waals surface area (Å²) in [5.41, 5.74) is 2.00. The number of nitrogens with two attached hydrogens (primary N) is 1. The Morgan fingerprint density at radius 1 is 1.04 bits per heavy atom. The second-order valence-electron chi connectivity index (χ2n) is 4.86. The maximum Gasteiger partial charge on any atom is 0.221 e. The van der Waals surface area contributed by atoms with Gasteiger partial charge in [-0.2, -0.15) is 0 Å². The smallest absolute Gasteiger partial charge is 0.221 e. The average Bonchev–Trinajstić information content (AvgIpc) is 2.47. The lowest BCUT2D eigenvalue weighted by Gasteiger charge is -2.13. The van der Waals surface area contributed by atoms with Gasteiger partial charge in [0.05, 0.1) is 12.0 Å². The first-order chi connectivity index (χ1) is 10.6. The minimum absolute atomic E-state index is 0.213. The third-order valence-electron chi connectivity index (χ3n) is 3.29. The van der Waals surface area contributed by atoms with Crippen molar-refractivity contribution in [3.8, 4) is 16.9 Å². The van der Waals surface area contributed by atoms with Crippen molar-refractivity contribution >= 4 is 5.91 Å². The van der Waals surface area contributed by atoms with Gasteiger partial charge in [0.25, 0.3) is 0 Å². The van der Waals surface area contributed by atoms with Crippen LogP contribution in [0.5, 0.6) is 5.75 Å². The van der Waals surface area contributed by atoms with E-state index in [2.05, 4.69) is 0 Å². The Morgan fingerprint density at radius 2 is 1.65 bits per heavy atom. The monoisotopic (exact) mass is 331 g/mol. The molecule has 0 aliphatic rings. The molecule has 2 rings (SSSR count). The van der Waals surface area contributed by atoms with Gasteiger partial charge in [0.1, 0.15) is 17.4 Å². The summed E-state index contributed by atoms with van der Waals surface area (Å²) >= 11 is 0. The van der Waals surface area contributed by atoms with Gasteiger partial charge in [-0.1, -0.05) is 0 Å². The van der Waals surface area contributed by atoms with Gasteiger partial charge in [-0.15, -0.1) is 0 Å². The van der Waals surface area contributed by atoms with Crippen molar-refractivity contribution in [2.75, 3.05) is 0 Å². The Bertz CT molecular complexity index is 791. The molecule has 3 nitrogen and oxygen atoms in total. The number of rotatable bonds is 3. The number of primary amides is 1. The first kappa shape index (κ1) is 16.7. The number of halogens is 5. The predicted molar refractivity (Wildman–Crippen MR) is 71.0 cm³/mol. The molecule has 0 atom stereocenters. The van der Waals surface area contributed by atoms with Gasteiger partial charge in [-0.25, -0.2) is 22.0 Å². The van der Waals surface area contributed by atoms with E-state index in [1.807, 2.05) is 0 Å². The molecule has 0 fully saturated rings. The van der Waals surface area contributed by atoms with Crippen LogP contribution in [0.1, 0.15) is 11.1 Å². The second kappa shape index (κ2) is 5.86. The third-order valence-corrected chi connectivity index (χ3v) is 3.29. The zero-order valence-corrected chi connectivity index (χ0v) is 11.7. The van der Waals surface area contributed by atoms with Crippen LogP contribution in [0.3, 0.4) is 0 Å². The number of phenols is 1. The molecule has 0 spiro atoms. The summed E-state index contributed by atoms with van der Waals surface area (Å²) in [6.07, 6.45) is -0.537. The fraction of sp³-hybridized carbons (Fsp3) is 0.133. The second-order valence-corrected chi connectivity index (χ2v) is 4.86. The van der Waals surface area contributed by atoms with Gasteiger partial charge in [0.15, 0.2) is 17.5 Å². The summed E-state index contributed by atoms with van der Waals surface area (Å²) in [7, 11) is 0. The molecule has 2 aromatic rings. The van der Waals surface area contributed by atoms with Gasteiger partial charge < -0.3 is 10.8 Å². The molecule has 0 aliphatic heterocycles. The van der Waals surface area contributed by atoms with Crippen LogP contribution < -0.4 is 5.73 Å². The summed E-state index contributed by atoms with van der Waals surface area (Å²) in [6.45, 7) is 0.860. The standard InChI is InChI=1S/C15H10F5NO2/c1-5-12(17)11(14(19)15(20)13(5)18)7-2-6(3-10(21)23)9(22)4-8(7)16/h2,4,22H,3H2,1H3,(H2,21,23). The van der Waals surface area contributed by atoms with Gasteiger partial charge >= 0.3 is 0 Å². The molecular weight excluding hydrogens is 321 g/mol. The van der Waals surface area contributed by atoms with E-state index in [4.69, 9.17) is 5.73 Å². The van der Waals surface area contributed by atoms with Crippen molar-refractivity contribution in [1.29, 1.82) is 0 Å². The number of amides is 1. The Balaban J connectivity index is 2.80. The molecule has 0 radical (unpaired) electrons. The van der Waals surface area contributed by atoms with Crippen LogP contribution in [-0.4, -0.2) is 11.0 Å². The maximum absolute atomic E-state index is 14.1. The predicted octanol–water partition coefficient (Wildman–Crippen LogP) is 3.09. The van der Waals surface area contributed by atoms with E-state index in [0.717, 1.165) is 13.0 Å². The molecule has 0 unspecified atom stereocenters. The van der Waals surface area contributed by atoms with Crippen molar-refractivity contribution in [3.05, 3.63) is 52.3 Å². The van der Waals surface area contributed by atoms with Crippen LogP contribution in [0.25, 0.3) is 11.1 Å². The van der Waals surface area contributed by atoms with Crippen LogP contribution in [0.4, 0.5) is 22.0 Å². The van der Waals surface area contributed by atoms with Crippen molar-refractivity contribution in [2.45, 2.75) is 13.3 Å². The van der Waals surface area contributed by atoms with Gasteiger partial charge in [-0.05, 0) is 13.0 Å². The lowest BCUT2D eigenvalue weighted by molar-refractivity contribution is -0.117. The number of phenolic OH excluding ortho intramolecular Hbond substituents is 1. The molecule has 23 heavy (non-hydrogen) atoms. The highest BCUT2D eigenvalue weighted by Gasteiger charge is 2.26. The third kappa shape index (κ3) is 2.84. The zero-order valence-electron chi connectivity index (χ0n) is 11.7. The molecule has 122 valence electrons. The number of carbonyl (C=O) groups is 1. The SMILES string of the molecule is Cc1c(F)c(F)c(F)c(-c2cc(CC(N)=O)c(O)cc2F)c1F. The largest absolute Gasteiger partial charge is 0.508 e. The lowest BCUT2D eigenvalue weighted by Crippen LogP contribution is -2.14. The Hall–Kier alpha value is -2.64. The van der Waals surface area contributed by atoms with Crippen LogP contribution in [-0.2, 0) is 11.2 Å². The molecule has 0 saturated carbocycles.